The Morgan fingerprint density at radius 3 is 2.74 bits per heavy atom. The summed E-state index contributed by atoms with van der Waals surface area (Å²) in [6.45, 7) is 2.31. The normalized spacial score (nSPS) is 11.0. The minimum Gasteiger partial charge on any atom is -0.493 e. The van der Waals surface area contributed by atoms with E-state index in [2.05, 4.69) is 20.5 Å². The van der Waals surface area contributed by atoms with E-state index >= 15 is 0 Å². The summed E-state index contributed by atoms with van der Waals surface area (Å²) >= 11 is 7.44. The number of rotatable bonds is 9. The monoisotopic (exact) mass is 512 g/mol. The summed E-state index contributed by atoms with van der Waals surface area (Å²) in [6, 6.07) is 12.9. The molecule has 2 heterocycles. The summed E-state index contributed by atoms with van der Waals surface area (Å²) in [5, 5.41) is 20.4. The molecular formula is C24H25ClN6O3S. The maximum Gasteiger partial charge on any atom is 0.230 e. The first-order chi connectivity index (χ1) is 16.9. The van der Waals surface area contributed by atoms with E-state index in [1.807, 2.05) is 37.3 Å². The van der Waals surface area contributed by atoms with Crippen molar-refractivity contribution < 1.29 is 14.3 Å². The fraction of sp³-hybridized carbons (Fsp3) is 0.250. The van der Waals surface area contributed by atoms with Crippen LogP contribution in [0.4, 0.5) is 0 Å². The van der Waals surface area contributed by atoms with Crippen molar-refractivity contribution in [3.05, 3.63) is 64.2 Å². The first kappa shape index (κ1) is 24.6. The summed E-state index contributed by atoms with van der Waals surface area (Å²) < 4.78 is 12.3. The van der Waals surface area contributed by atoms with Crippen molar-refractivity contribution in [1.29, 1.82) is 5.41 Å². The molecule has 0 fully saturated rings. The molecule has 35 heavy (non-hydrogen) atoms. The number of nitrogens with zero attached hydrogens (tertiary/aromatic N) is 3. The molecule has 0 saturated carbocycles. The maximum absolute atomic E-state index is 12.6. The van der Waals surface area contributed by atoms with Crippen LogP contribution in [-0.4, -0.2) is 52.2 Å². The molecule has 4 rings (SSSR count). The largest absolute Gasteiger partial charge is 0.493 e. The SMILES string of the molecule is COc1ccc(CCNC(=O)CSc2nc3n[nH]c(C)c3c(=N)n2-c2cccc(Cl)c2)cc1OC. The molecule has 0 aliphatic rings. The van der Waals surface area contributed by atoms with Crippen LogP contribution in [0.5, 0.6) is 11.5 Å². The molecule has 2 aromatic carbocycles. The summed E-state index contributed by atoms with van der Waals surface area (Å²) in [6.07, 6.45) is 0.646. The number of methoxy groups -OCH3 is 2. The zero-order valence-electron chi connectivity index (χ0n) is 19.5. The van der Waals surface area contributed by atoms with Crippen molar-refractivity contribution in [2.75, 3.05) is 26.5 Å². The molecule has 2 aromatic heterocycles. The van der Waals surface area contributed by atoms with E-state index < -0.39 is 0 Å². The molecule has 4 aromatic rings. The molecule has 0 aliphatic heterocycles. The maximum atomic E-state index is 12.6. The Hall–Kier alpha value is -3.50. The number of H-pyrrole nitrogens is 1. The van der Waals surface area contributed by atoms with E-state index in [4.69, 9.17) is 26.5 Å². The lowest BCUT2D eigenvalue weighted by Crippen LogP contribution is -2.28. The van der Waals surface area contributed by atoms with Gasteiger partial charge >= 0.3 is 0 Å². The van der Waals surface area contributed by atoms with Crippen LogP contribution >= 0.6 is 23.4 Å². The number of fused-ring (bicyclic) bond motifs is 1. The van der Waals surface area contributed by atoms with Gasteiger partial charge in [0.15, 0.2) is 22.3 Å². The average Bonchev–Trinajstić information content (AvgIpc) is 3.23. The smallest absolute Gasteiger partial charge is 0.230 e. The van der Waals surface area contributed by atoms with Gasteiger partial charge < -0.3 is 14.8 Å². The molecule has 1 amide bonds. The molecule has 0 saturated heterocycles. The topological polar surface area (TPSA) is 118 Å². The van der Waals surface area contributed by atoms with E-state index in [0.717, 1.165) is 11.3 Å². The van der Waals surface area contributed by atoms with Crippen LogP contribution in [0.2, 0.25) is 5.02 Å². The predicted molar refractivity (Wildman–Crippen MR) is 136 cm³/mol. The third kappa shape index (κ3) is 5.44. The molecule has 9 nitrogen and oxygen atoms in total. The molecule has 0 aliphatic carbocycles. The molecular weight excluding hydrogens is 488 g/mol. The second kappa shape index (κ2) is 10.8. The number of carbonyl (C=O) groups is 1. The molecule has 0 atom stereocenters. The second-order valence-corrected chi connectivity index (χ2v) is 9.06. The average molecular weight is 513 g/mol. The molecule has 0 radical (unpaired) electrons. The van der Waals surface area contributed by atoms with Crippen molar-refractivity contribution in [2.24, 2.45) is 0 Å². The Morgan fingerprint density at radius 2 is 2.00 bits per heavy atom. The van der Waals surface area contributed by atoms with E-state index in [1.54, 1.807) is 30.9 Å². The quantitative estimate of drug-likeness (QED) is 0.233. The highest BCUT2D eigenvalue weighted by Gasteiger charge is 2.16. The standard InChI is InChI=1S/C24H25ClN6O3S/c1-14-21-22(26)31(17-6-4-5-16(25)12-17)24(28-23(21)30-29-14)35-13-20(32)27-10-9-15-7-8-18(33-2)19(11-15)34-3/h4-8,11-12,26H,9-10,13H2,1-3H3,(H,27,32)(H,29,30). The zero-order chi connectivity index (χ0) is 24.9. The van der Waals surface area contributed by atoms with Crippen LogP contribution in [0.15, 0.2) is 47.6 Å². The number of amides is 1. The Morgan fingerprint density at radius 1 is 1.20 bits per heavy atom. The molecule has 11 heteroatoms. The van der Waals surface area contributed by atoms with Crippen molar-refractivity contribution >= 4 is 40.3 Å². The third-order valence-corrected chi connectivity index (χ3v) is 6.54. The molecule has 0 bridgehead atoms. The summed E-state index contributed by atoms with van der Waals surface area (Å²) in [4.78, 5) is 17.2. The van der Waals surface area contributed by atoms with Crippen LogP contribution in [0.1, 0.15) is 11.3 Å². The highest BCUT2D eigenvalue weighted by molar-refractivity contribution is 7.99. The summed E-state index contributed by atoms with van der Waals surface area (Å²) in [5.41, 5.74) is 3.11. The van der Waals surface area contributed by atoms with E-state index in [9.17, 15) is 4.79 Å². The third-order valence-electron chi connectivity index (χ3n) is 5.36. The number of aryl methyl sites for hydroxylation is 1. The van der Waals surface area contributed by atoms with Gasteiger partial charge in [0.05, 0.1) is 31.0 Å². The van der Waals surface area contributed by atoms with Crippen LogP contribution in [0.25, 0.3) is 16.7 Å². The molecule has 182 valence electrons. The summed E-state index contributed by atoms with van der Waals surface area (Å²) in [5.74, 6) is 1.31. The van der Waals surface area contributed by atoms with Gasteiger partial charge in [-0.3, -0.25) is 19.9 Å². The second-order valence-electron chi connectivity index (χ2n) is 7.68. The van der Waals surface area contributed by atoms with Crippen molar-refractivity contribution in [2.45, 2.75) is 18.5 Å². The number of halogens is 1. The van der Waals surface area contributed by atoms with Gasteiger partial charge in [-0.2, -0.15) is 5.10 Å². The lowest BCUT2D eigenvalue weighted by atomic mass is 10.1. The Balaban J connectivity index is 1.47. The van der Waals surface area contributed by atoms with Gasteiger partial charge in [0.1, 0.15) is 5.49 Å². The Bertz CT molecular complexity index is 1430. The van der Waals surface area contributed by atoms with Gasteiger partial charge in [0.2, 0.25) is 5.91 Å². The number of aromatic amines is 1. The van der Waals surface area contributed by atoms with E-state index in [1.165, 1.54) is 11.8 Å². The number of thioether (sulfide) groups is 1. The van der Waals surface area contributed by atoms with Crippen molar-refractivity contribution in [3.63, 3.8) is 0 Å². The predicted octanol–water partition coefficient (Wildman–Crippen LogP) is 3.66. The fourth-order valence-corrected chi connectivity index (χ4v) is 4.67. The van der Waals surface area contributed by atoms with Crippen LogP contribution in [0, 0.1) is 12.3 Å². The number of hydrogen-bond acceptors (Lipinski definition) is 7. The lowest BCUT2D eigenvalue weighted by Gasteiger charge is -2.14. The fourth-order valence-electron chi connectivity index (χ4n) is 3.64. The molecule has 3 N–H and O–H groups in total. The van der Waals surface area contributed by atoms with Crippen LogP contribution in [0.3, 0.4) is 0 Å². The van der Waals surface area contributed by atoms with Gasteiger partial charge in [-0.15, -0.1) is 0 Å². The Kier molecular flexibility index (Phi) is 7.62. The first-order valence-corrected chi connectivity index (χ1v) is 12.2. The minimum atomic E-state index is -0.139. The van der Waals surface area contributed by atoms with Gasteiger partial charge in [-0.25, -0.2) is 4.98 Å². The lowest BCUT2D eigenvalue weighted by molar-refractivity contribution is -0.118. The zero-order valence-corrected chi connectivity index (χ0v) is 21.1. The minimum absolute atomic E-state index is 0.133. The van der Waals surface area contributed by atoms with Gasteiger partial charge in [0.25, 0.3) is 0 Å². The number of hydrogen-bond donors (Lipinski definition) is 3. The van der Waals surface area contributed by atoms with Gasteiger partial charge in [0, 0.05) is 17.3 Å². The molecule has 0 spiro atoms. The molecule has 0 unspecified atom stereocenters. The van der Waals surface area contributed by atoms with E-state index in [-0.39, 0.29) is 17.1 Å². The Labute approximate surface area is 211 Å². The summed E-state index contributed by atoms with van der Waals surface area (Å²) in [7, 11) is 3.18. The van der Waals surface area contributed by atoms with E-state index in [0.29, 0.717) is 51.4 Å². The number of nitrogens with one attached hydrogen (secondary N) is 3. The highest BCUT2D eigenvalue weighted by atomic mass is 35.5. The van der Waals surface area contributed by atoms with Crippen LogP contribution in [-0.2, 0) is 11.2 Å². The van der Waals surface area contributed by atoms with Crippen molar-refractivity contribution in [1.82, 2.24) is 25.1 Å². The number of carbonyl (C=O) groups excluding carboxylic acids is 1. The highest BCUT2D eigenvalue weighted by Crippen LogP contribution is 2.27. The number of aromatic nitrogens is 4. The first-order valence-electron chi connectivity index (χ1n) is 10.8. The van der Waals surface area contributed by atoms with Crippen molar-refractivity contribution in [3.8, 4) is 17.2 Å². The van der Waals surface area contributed by atoms with Crippen LogP contribution < -0.4 is 20.3 Å². The number of ether oxygens (including phenoxy) is 2. The number of benzene rings is 2. The van der Waals surface area contributed by atoms with Gasteiger partial charge in [-0.05, 0) is 49.2 Å². The van der Waals surface area contributed by atoms with Gasteiger partial charge in [-0.1, -0.05) is 35.5 Å².